The van der Waals surface area contributed by atoms with E-state index in [-0.39, 0.29) is 0 Å². The summed E-state index contributed by atoms with van der Waals surface area (Å²) in [5, 5.41) is 7.00. The number of guanidine groups is 1. The summed E-state index contributed by atoms with van der Waals surface area (Å²) in [5.74, 6) is 0.943. The van der Waals surface area contributed by atoms with Crippen LogP contribution in [0.4, 0.5) is 0 Å². The first-order valence-corrected chi connectivity index (χ1v) is 9.06. The SMILES string of the molecule is CCCN1CCC(NC(=NC)NCCCN(C)CCOC)CC1. The Hall–Kier alpha value is -0.850. The highest BCUT2D eigenvalue weighted by Crippen LogP contribution is 2.10. The zero-order chi connectivity index (χ0) is 16.9. The minimum atomic E-state index is 0.554. The fourth-order valence-electron chi connectivity index (χ4n) is 2.92. The number of piperidine rings is 1. The van der Waals surface area contributed by atoms with Gasteiger partial charge in [0, 0.05) is 46.4 Å². The van der Waals surface area contributed by atoms with Gasteiger partial charge in [-0.25, -0.2) is 0 Å². The molecule has 1 fully saturated rings. The van der Waals surface area contributed by atoms with Crippen LogP contribution in [0, 0.1) is 0 Å². The number of ether oxygens (including phenoxy) is 1. The minimum Gasteiger partial charge on any atom is -0.383 e. The van der Waals surface area contributed by atoms with Crippen molar-refractivity contribution < 1.29 is 4.74 Å². The van der Waals surface area contributed by atoms with Gasteiger partial charge in [-0.3, -0.25) is 4.99 Å². The third-order valence-corrected chi connectivity index (χ3v) is 4.38. The molecule has 23 heavy (non-hydrogen) atoms. The average molecular weight is 328 g/mol. The topological polar surface area (TPSA) is 52.1 Å². The van der Waals surface area contributed by atoms with Gasteiger partial charge in [-0.2, -0.15) is 0 Å². The van der Waals surface area contributed by atoms with E-state index in [2.05, 4.69) is 39.4 Å². The van der Waals surface area contributed by atoms with Gasteiger partial charge in [0.2, 0.25) is 0 Å². The average Bonchev–Trinajstić information content (AvgIpc) is 2.57. The Morgan fingerprint density at radius 3 is 2.65 bits per heavy atom. The number of nitrogens with one attached hydrogen (secondary N) is 2. The lowest BCUT2D eigenvalue weighted by Crippen LogP contribution is -2.49. The van der Waals surface area contributed by atoms with E-state index in [0.717, 1.165) is 38.6 Å². The third kappa shape index (κ3) is 9.13. The van der Waals surface area contributed by atoms with Crippen LogP contribution in [0.2, 0.25) is 0 Å². The van der Waals surface area contributed by atoms with E-state index in [9.17, 15) is 0 Å². The van der Waals surface area contributed by atoms with Crippen molar-refractivity contribution >= 4 is 5.96 Å². The van der Waals surface area contributed by atoms with Crippen molar-refractivity contribution in [1.29, 1.82) is 0 Å². The van der Waals surface area contributed by atoms with Crippen LogP contribution in [0.3, 0.4) is 0 Å². The molecule has 0 spiro atoms. The van der Waals surface area contributed by atoms with Crippen molar-refractivity contribution in [2.75, 3.05) is 67.1 Å². The fourth-order valence-corrected chi connectivity index (χ4v) is 2.92. The summed E-state index contributed by atoms with van der Waals surface area (Å²) in [5.41, 5.74) is 0. The Morgan fingerprint density at radius 2 is 2.04 bits per heavy atom. The molecule has 6 heteroatoms. The summed E-state index contributed by atoms with van der Waals surface area (Å²) < 4.78 is 5.09. The van der Waals surface area contributed by atoms with Gasteiger partial charge in [0.1, 0.15) is 0 Å². The van der Waals surface area contributed by atoms with E-state index in [1.54, 1.807) is 7.11 Å². The Bertz CT molecular complexity index is 316. The highest BCUT2D eigenvalue weighted by atomic mass is 16.5. The smallest absolute Gasteiger partial charge is 0.191 e. The molecule has 0 aromatic carbocycles. The standard InChI is InChI=1S/C17H37N5O/c1-5-10-22-12-7-16(8-13-22)20-17(18-2)19-9-6-11-21(3)14-15-23-4/h16H,5-15H2,1-4H3,(H2,18,19,20). The molecule has 1 rings (SSSR count). The first-order valence-electron chi connectivity index (χ1n) is 9.06. The molecule has 0 atom stereocenters. The number of hydrogen-bond acceptors (Lipinski definition) is 4. The maximum atomic E-state index is 5.09. The van der Waals surface area contributed by atoms with Crippen LogP contribution >= 0.6 is 0 Å². The summed E-state index contributed by atoms with van der Waals surface area (Å²) in [6.45, 7) is 9.69. The molecule has 0 bridgehead atoms. The van der Waals surface area contributed by atoms with E-state index in [0.29, 0.717) is 6.04 Å². The van der Waals surface area contributed by atoms with E-state index < -0.39 is 0 Å². The lowest BCUT2D eigenvalue weighted by atomic mass is 10.1. The minimum absolute atomic E-state index is 0.554. The predicted octanol–water partition coefficient (Wildman–Crippen LogP) is 0.994. The second-order valence-electron chi connectivity index (χ2n) is 6.41. The highest BCUT2D eigenvalue weighted by molar-refractivity contribution is 5.79. The summed E-state index contributed by atoms with van der Waals surface area (Å²) >= 11 is 0. The van der Waals surface area contributed by atoms with Crippen molar-refractivity contribution in [3.63, 3.8) is 0 Å². The third-order valence-electron chi connectivity index (χ3n) is 4.38. The van der Waals surface area contributed by atoms with E-state index in [4.69, 9.17) is 4.74 Å². The van der Waals surface area contributed by atoms with Crippen LogP contribution in [0.15, 0.2) is 4.99 Å². The number of likely N-dealkylation sites (tertiary alicyclic amines) is 1. The van der Waals surface area contributed by atoms with E-state index in [1.165, 1.54) is 38.9 Å². The molecule has 1 heterocycles. The first-order chi connectivity index (χ1) is 11.2. The number of nitrogens with zero attached hydrogens (tertiary/aromatic N) is 3. The Kier molecular flexibility index (Phi) is 11.0. The molecule has 0 saturated carbocycles. The number of methoxy groups -OCH3 is 1. The number of hydrogen-bond donors (Lipinski definition) is 2. The Morgan fingerprint density at radius 1 is 1.30 bits per heavy atom. The normalized spacial score (nSPS) is 17.7. The summed E-state index contributed by atoms with van der Waals surface area (Å²) in [7, 11) is 5.74. The molecule has 0 radical (unpaired) electrons. The van der Waals surface area contributed by atoms with Crippen LogP contribution in [0.1, 0.15) is 32.6 Å². The summed E-state index contributed by atoms with van der Waals surface area (Å²) in [6.07, 6.45) is 4.77. The fraction of sp³-hybridized carbons (Fsp3) is 0.941. The zero-order valence-electron chi connectivity index (χ0n) is 15.6. The van der Waals surface area contributed by atoms with Crippen molar-refractivity contribution in [2.45, 2.75) is 38.6 Å². The van der Waals surface area contributed by atoms with Crippen molar-refractivity contribution in [1.82, 2.24) is 20.4 Å². The molecule has 136 valence electrons. The van der Waals surface area contributed by atoms with E-state index in [1.807, 2.05) is 7.05 Å². The molecule has 1 aliphatic rings. The molecule has 2 N–H and O–H groups in total. The predicted molar refractivity (Wildman–Crippen MR) is 98.2 cm³/mol. The molecule has 0 aromatic rings. The quantitative estimate of drug-likeness (QED) is 0.356. The van der Waals surface area contributed by atoms with Gasteiger partial charge in [0.25, 0.3) is 0 Å². The second kappa shape index (κ2) is 12.6. The van der Waals surface area contributed by atoms with Crippen LogP contribution in [-0.4, -0.2) is 88.9 Å². The second-order valence-corrected chi connectivity index (χ2v) is 6.41. The number of likely N-dealkylation sites (N-methyl/N-ethyl adjacent to an activating group) is 1. The van der Waals surface area contributed by atoms with Crippen molar-refractivity contribution in [3.05, 3.63) is 0 Å². The van der Waals surface area contributed by atoms with Gasteiger partial charge in [0.05, 0.1) is 6.61 Å². The van der Waals surface area contributed by atoms with Gasteiger partial charge in [0.15, 0.2) is 5.96 Å². The van der Waals surface area contributed by atoms with Gasteiger partial charge >= 0.3 is 0 Å². The molecule has 1 aliphatic heterocycles. The number of aliphatic imine (C=N–C) groups is 1. The largest absolute Gasteiger partial charge is 0.383 e. The van der Waals surface area contributed by atoms with Crippen LogP contribution in [0.5, 0.6) is 0 Å². The Balaban J connectivity index is 2.13. The molecule has 1 saturated heterocycles. The van der Waals surface area contributed by atoms with E-state index >= 15 is 0 Å². The van der Waals surface area contributed by atoms with Crippen molar-refractivity contribution in [2.24, 2.45) is 4.99 Å². The van der Waals surface area contributed by atoms with Gasteiger partial charge < -0.3 is 25.2 Å². The summed E-state index contributed by atoms with van der Waals surface area (Å²) in [4.78, 5) is 9.21. The first kappa shape index (κ1) is 20.2. The number of rotatable bonds is 10. The summed E-state index contributed by atoms with van der Waals surface area (Å²) in [6, 6.07) is 0.554. The molecule has 0 aromatic heterocycles. The lowest BCUT2D eigenvalue weighted by Gasteiger charge is -2.32. The maximum Gasteiger partial charge on any atom is 0.191 e. The molecule has 0 aliphatic carbocycles. The van der Waals surface area contributed by atoms with Gasteiger partial charge in [-0.05, 0) is 45.8 Å². The lowest BCUT2D eigenvalue weighted by molar-refractivity contribution is 0.161. The van der Waals surface area contributed by atoms with Gasteiger partial charge in [-0.15, -0.1) is 0 Å². The molecule has 6 nitrogen and oxygen atoms in total. The van der Waals surface area contributed by atoms with Crippen molar-refractivity contribution in [3.8, 4) is 0 Å². The maximum absolute atomic E-state index is 5.09. The molecule has 0 amide bonds. The van der Waals surface area contributed by atoms with Gasteiger partial charge in [-0.1, -0.05) is 6.92 Å². The molecule has 0 unspecified atom stereocenters. The van der Waals surface area contributed by atoms with Crippen LogP contribution in [-0.2, 0) is 4.74 Å². The molecular weight excluding hydrogens is 290 g/mol. The van der Waals surface area contributed by atoms with Crippen LogP contribution < -0.4 is 10.6 Å². The van der Waals surface area contributed by atoms with Crippen LogP contribution in [0.25, 0.3) is 0 Å². The highest BCUT2D eigenvalue weighted by Gasteiger charge is 2.19. The molecular formula is C17H37N5O. The zero-order valence-corrected chi connectivity index (χ0v) is 15.6. The monoisotopic (exact) mass is 327 g/mol. The Labute approximate surface area is 142 Å².